The Morgan fingerprint density at radius 3 is 2.64 bits per heavy atom. The first-order valence-corrected chi connectivity index (χ1v) is 11.9. The van der Waals surface area contributed by atoms with Crippen LogP contribution in [-0.2, 0) is 25.5 Å². The van der Waals surface area contributed by atoms with Gasteiger partial charge in [-0.15, -0.1) is 0 Å². The molecular weight excluding hydrogens is 477 g/mol. The maximum Gasteiger partial charge on any atom is 0.328 e. The van der Waals surface area contributed by atoms with Crippen LogP contribution in [0.1, 0.15) is 35.8 Å². The number of rotatable bonds is 2. The van der Waals surface area contributed by atoms with Gasteiger partial charge in [0.25, 0.3) is 5.91 Å². The van der Waals surface area contributed by atoms with Crippen molar-refractivity contribution in [3.63, 3.8) is 0 Å². The molecule has 13 heteroatoms. The molecule has 1 spiro atoms. The number of morpholine rings is 1. The van der Waals surface area contributed by atoms with E-state index in [1.807, 2.05) is 0 Å². The van der Waals surface area contributed by atoms with Gasteiger partial charge in [-0.3, -0.25) is 25.0 Å². The highest BCUT2D eigenvalue weighted by Gasteiger charge is 2.62. The van der Waals surface area contributed by atoms with Crippen molar-refractivity contribution in [2.45, 2.75) is 44.4 Å². The van der Waals surface area contributed by atoms with Gasteiger partial charge in [-0.05, 0) is 31.4 Å². The molecule has 4 aliphatic heterocycles. The van der Waals surface area contributed by atoms with Crippen molar-refractivity contribution >= 4 is 40.4 Å². The van der Waals surface area contributed by atoms with Gasteiger partial charge in [0.05, 0.1) is 29.8 Å². The molecule has 4 aliphatic rings. The minimum atomic E-state index is -1.75. The number of amides is 5. The smallest absolute Gasteiger partial charge is 0.328 e. The van der Waals surface area contributed by atoms with Gasteiger partial charge in [-0.1, -0.05) is 5.16 Å². The van der Waals surface area contributed by atoms with Crippen LogP contribution in [0, 0.1) is 11.2 Å². The van der Waals surface area contributed by atoms with Crippen molar-refractivity contribution in [3.8, 4) is 0 Å². The summed E-state index contributed by atoms with van der Waals surface area (Å²) in [4.78, 5) is 52.9. The lowest BCUT2D eigenvalue weighted by Gasteiger charge is -2.54. The molecule has 2 atom stereocenters. The zero-order valence-corrected chi connectivity index (χ0v) is 19.4. The topological polar surface area (TPSA) is 152 Å². The van der Waals surface area contributed by atoms with Gasteiger partial charge in [-0.25, -0.2) is 9.18 Å². The number of urea groups is 1. The third kappa shape index (κ3) is 3.22. The summed E-state index contributed by atoms with van der Waals surface area (Å²) in [6.07, 6.45) is 0.462. The van der Waals surface area contributed by atoms with Gasteiger partial charge in [0, 0.05) is 32.2 Å². The predicted octanol–water partition coefficient (Wildman–Crippen LogP) is 0.378. The summed E-state index contributed by atoms with van der Waals surface area (Å²) in [6.45, 7) is 3.19. The van der Waals surface area contributed by atoms with Crippen LogP contribution in [0.4, 0.5) is 14.9 Å². The minimum absolute atomic E-state index is 0.0857. The number of nitrogens with zero attached hydrogens (tertiary/aromatic N) is 2. The van der Waals surface area contributed by atoms with E-state index in [4.69, 9.17) is 14.0 Å². The van der Waals surface area contributed by atoms with Gasteiger partial charge >= 0.3 is 6.03 Å². The van der Waals surface area contributed by atoms with Crippen LogP contribution in [-0.4, -0.2) is 73.5 Å². The van der Waals surface area contributed by atoms with Crippen molar-refractivity contribution in [3.05, 3.63) is 23.1 Å². The molecule has 5 amide bonds. The molecule has 0 unspecified atom stereocenters. The Bertz CT molecular complexity index is 1280. The molecule has 1 aromatic heterocycles. The molecule has 0 bridgehead atoms. The number of carbonyl (C=O) groups is 4. The van der Waals surface area contributed by atoms with Crippen molar-refractivity contribution in [1.29, 1.82) is 0 Å². The van der Waals surface area contributed by atoms with E-state index in [9.17, 15) is 19.2 Å². The van der Waals surface area contributed by atoms with Crippen LogP contribution in [0.25, 0.3) is 11.0 Å². The lowest BCUT2D eigenvalue weighted by Crippen LogP contribution is -2.74. The van der Waals surface area contributed by atoms with E-state index in [2.05, 4.69) is 21.1 Å². The van der Waals surface area contributed by atoms with E-state index in [0.717, 1.165) is 0 Å². The molecule has 0 radical (unpaired) electrons. The highest BCUT2D eigenvalue weighted by molar-refractivity contribution is 6.20. The number of imide groups is 2. The fourth-order valence-corrected chi connectivity index (χ4v) is 5.92. The van der Waals surface area contributed by atoms with Crippen molar-refractivity contribution in [1.82, 2.24) is 21.1 Å². The van der Waals surface area contributed by atoms with Gasteiger partial charge in [0.2, 0.25) is 17.4 Å². The fraction of sp³-hybridized carbons (Fsp3) is 0.522. The second-order valence-corrected chi connectivity index (χ2v) is 9.57. The highest BCUT2D eigenvalue weighted by atomic mass is 19.1. The first kappa shape index (κ1) is 22.9. The third-order valence-electron chi connectivity index (χ3n) is 7.55. The standard InChI is InChI=1S/C23H24FN5O7/c1-10-18-23(20(31)26-22(33)27-21(23)32)9-11-8-13-15(19(30)25-12-2-5-34-6-3-12)28-36-17(13)14(24)16(11)29(18)4-7-35-10/h8,10,12,18H,2-7,9H2,1H3,(H,25,30)(H2,26,27,31,32,33)/t10-,18+/m0/s1. The summed E-state index contributed by atoms with van der Waals surface area (Å²) in [5.74, 6) is -2.81. The predicted molar refractivity (Wildman–Crippen MR) is 120 cm³/mol. The lowest BCUT2D eigenvalue weighted by atomic mass is 9.66. The summed E-state index contributed by atoms with van der Waals surface area (Å²) in [7, 11) is 0. The number of anilines is 1. The average molecular weight is 501 g/mol. The molecule has 1 aromatic carbocycles. The van der Waals surface area contributed by atoms with Gasteiger partial charge in [-0.2, -0.15) is 0 Å². The molecule has 3 saturated heterocycles. The van der Waals surface area contributed by atoms with Gasteiger partial charge in [0.1, 0.15) is 0 Å². The van der Waals surface area contributed by atoms with Crippen LogP contribution in [0.5, 0.6) is 0 Å². The molecule has 12 nitrogen and oxygen atoms in total. The number of barbiturate groups is 1. The molecular formula is C23H24FN5O7. The lowest BCUT2D eigenvalue weighted by molar-refractivity contribution is -0.151. The summed E-state index contributed by atoms with van der Waals surface area (Å²) in [5.41, 5.74) is -1.53. The SMILES string of the molecule is C[C@@H]1OCCN2c3c(cc4c(C(=O)NC5CCOCC5)noc4c3F)CC3(C(=O)NC(=O)NC3=O)[C@@H]12. The number of aromatic nitrogens is 1. The van der Waals surface area contributed by atoms with E-state index in [0.29, 0.717) is 31.6 Å². The second-order valence-electron chi connectivity index (χ2n) is 9.57. The van der Waals surface area contributed by atoms with Gasteiger partial charge in [0.15, 0.2) is 16.9 Å². The number of carbonyl (C=O) groups excluding carboxylic acids is 4. The van der Waals surface area contributed by atoms with E-state index < -0.39 is 47.1 Å². The number of hydrogen-bond acceptors (Lipinski definition) is 9. The molecule has 6 rings (SSSR count). The van der Waals surface area contributed by atoms with Crippen molar-refractivity contribution < 1.29 is 37.6 Å². The Morgan fingerprint density at radius 1 is 1.19 bits per heavy atom. The number of fused-ring (bicyclic) bond motifs is 5. The van der Waals surface area contributed by atoms with Crippen LogP contribution >= 0.6 is 0 Å². The Balaban J connectivity index is 1.47. The summed E-state index contributed by atoms with van der Waals surface area (Å²) >= 11 is 0. The Morgan fingerprint density at radius 2 is 1.92 bits per heavy atom. The van der Waals surface area contributed by atoms with Crippen molar-refractivity contribution in [2.75, 3.05) is 31.3 Å². The first-order valence-electron chi connectivity index (χ1n) is 11.9. The molecule has 190 valence electrons. The molecule has 3 fully saturated rings. The Hall–Kier alpha value is -3.58. The summed E-state index contributed by atoms with van der Waals surface area (Å²) in [5, 5.41) is 11.2. The monoisotopic (exact) mass is 501 g/mol. The molecule has 0 saturated carbocycles. The molecule has 5 heterocycles. The summed E-state index contributed by atoms with van der Waals surface area (Å²) in [6, 6.07) is -0.354. The largest absolute Gasteiger partial charge is 0.381 e. The Labute approximate surface area is 203 Å². The maximum atomic E-state index is 16.0. The maximum absolute atomic E-state index is 16.0. The minimum Gasteiger partial charge on any atom is -0.381 e. The zero-order chi connectivity index (χ0) is 25.2. The van der Waals surface area contributed by atoms with E-state index in [-0.39, 0.29) is 48.0 Å². The molecule has 2 aromatic rings. The van der Waals surface area contributed by atoms with Gasteiger partial charge < -0.3 is 24.2 Å². The highest BCUT2D eigenvalue weighted by Crippen LogP contribution is 2.48. The molecule has 36 heavy (non-hydrogen) atoms. The number of nitrogens with one attached hydrogen (secondary N) is 3. The number of hydrogen-bond donors (Lipinski definition) is 3. The van der Waals surface area contributed by atoms with Crippen molar-refractivity contribution in [2.24, 2.45) is 5.41 Å². The van der Waals surface area contributed by atoms with E-state index in [1.54, 1.807) is 11.8 Å². The first-order chi connectivity index (χ1) is 17.3. The average Bonchev–Trinajstić information content (AvgIpc) is 3.27. The van der Waals surface area contributed by atoms with E-state index >= 15 is 4.39 Å². The second kappa shape index (κ2) is 8.23. The van der Waals surface area contributed by atoms with Crippen LogP contribution in [0.2, 0.25) is 0 Å². The Kier molecular flexibility index (Phi) is 5.23. The normalized spacial score (nSPS) is 25.8. The molecule has 0 aliphatic carbocycles. The zero-order valence-electron chi connectivity index (χ0n) is 19.4. The quantitative estimate of drug-likeness (QED) is 0.496. The summed E-state index contributed by atoms with van der Waals surface area (Å²) < 4.78 is 32.3. The third-order valence-corrected chi connectivity index (χ3v) is 7.55. The number of halogens is 1. The van der Waals surface area contributed by atoms with Crippen LogP contribution in [0.15, 0.2) is 10.6 Å². The fourth-order valence-electron chi connectivity index (χ4n) is 5.92. The van der Waals surface area contributed by atoms with E-state index in [1.165, 1.54) is 6.07 Å². The van der Waals surface area contributed by atoms with Crippen LogP contribution in [0.3, 0.4) is 0 Å². The number of benzene rings is 1. The number of ether oxygens (including phenoxy) is 2. The van der Waals surface area contributed by atoms with Crippen LogP contribution < -0.4 is 20.9 Å². The molecule has 3 N–H and O–H groups in total.